The Bertz CT molecular complexity index is 523. The molecule has 1 atom stereocenters. The fourth-order valence-electron chi connectivity index (χ4n) is 1.32. The Labute approximate surface area is 97.9 Å². The minimum Gasteiger partial charge on any atom is -0.414 e. The Morgan fingerprint density at radius 3 is 3.06 bits per heavy atom. The van der Waals surface area contributed by atoms with Crippen molar-refractivity contribution in [3.8, 4) is 0 Å². The number of carbonyl (C=O) groups excluding carboxylic acids is 1. The van der Waals surface area contributed by atoms with E-state index in [1.165, 1.54) is 0 Å². The van der Waals surface area contributed by atoms with Crippen molar-refractivity contribution in [3.05, 3.63) is 30.5 Å². The predicted molar refractivity (Wildman–Crippen MR) is 61.1 cm³/mol. The average Bonchev–Trinajstić information content (AvgIpc) is 2.72. The van der Waals surface area contributed by atoms with Crippen LogP contribution in [0.25, 0.3) is 10.9 Å². The molecule has 1 aromatic heterocycles. The van der Waals surface area contributed by atoms with Crippen molar-refractivity contribution in [2.24, 2.45) is 5.73 Å². The van der Waals surface area contributed by atoms with Crippen LogP contribution >= 0.6 is 0 Å². The van der Waals surface area contributed by atoms with Gasteiger partial charge in [0.05, 0.1) is 6.20 Å². The Morgan fingerprint density at radius 1 is 1.53 bits per heavy atom. The molecule has 2 aromatic rings. The summed E-state index contributed by atoms with van der Waals surface area (Å²) in [5.74, 6) is 0. The quantitative estimate of drug-likeness (QED) is 0.640. The molecule has 0 aliphatic rings. The molecule has 0 spiro atoms. The van der Waals surface area contributed by atoms with Gasteiger partial charge in [-0.2, -0.15) is 0 Å². The van der Waals surface area contributed by atoms with Crippen LogP contribution in [0.3, 0.4) is 0 Å². The second-order valence-corrected chi connectivity index (χ2v) is 3.48. The van der Waals surface area contributed by atoms with Crippen molar-refractivity contribution in [2.75, 3.05) is 0 Å². The summed E-state index contributed by atoms with van der Waals surface area (Å²) >= 11 is 0. The lowest BCUT2D eigenvalue weighted by atomic mass is 10.3. The fourth-order valence-corrected chi connectivity index (χ4v) is 1.32. The molecule has 0 amide bonds. The third-order valence-electron chi connectivity index (χ3n) is 2.26. The number of hydrogen-bond donors (Lipinski definition) is 1. The van der Waals surface area contributed by atoms with Crippen molar-refractivity contribution in [1.82, 2.24) is 9.94 Å². The SMILES string of the molecule is CCC(N)OC(=O)On1ncc2ccccc21. The van der Waals surface area contributed by atoms with E-state index in [2.05, 4.69) is 5.10 Å². The molecule has 1 heterocycles. The van der Waals surface area contributed by atoms with Crippen LogP contribution in [0.4, 0.5) is 4.79 Å². The molecule has 0 radical (unpaired) electrons. The number of para-hydroxylation sites is 1. The van der Waals surface area contributed by atoms with Crippen LogP contribution in [0.15, 0.2) is 30.5 Å². The average molecular weight is 235 g/mol. The Kier molecular flexibility index (Phi) is 3.24. The van der Waals surface area contributed by atoms with Gasteiger partial charge in [-0.1, -0.05) is 30.0 Å². The molecule has 0 aliphatic carbocycles. The minimum absolute atomic E-state index is 0.523. The van der Waals surface area contributed by atoms with Crippen molar-refractivity contribution < 1.29 is 14.4 Å². The highest BCUT2D eigenvalue weighted by Crippen LogP contribution is 2.11. The summed E-state index contributed by atoms with van der Waals surface area (Å²) in [4.78, 5) is 17.4. The lowest BCUT2D eigenvalue weighted by molar-refractivity contribution is 0.0138. The number of ether oxygens (including phenoxy) is 1. The number of aromatic nitrogens is 2. The number of hydrogen-bond acceptors (Lipinski definition) is 5. The van der Waals surface area contributed by atoms with Crippen LogP contribution in [0.5, 0.6) is 0 Å². The molecular weight excluding hydrogens is 222 g/mol. The lowest BCUT2D eigenvalue weighted by Crippen LogP contribution is -2.31. The first-order valence-corrected chi connectivity index (χ1v) is 5.28. The molecule has 2 N–H and O–H groups in total. The molecule has 6 heteroatoms. The van der Waals surface area contributed by atoms with E-state index in [4.69, 9.17) is 15.3 Å². The normalized spacial score (nSPS) is 12.4. The summed E-state index contributed by atoms with van der Waals surface area (Å²) in [6, 6.07) is 7.35. The molecule has 17 heavy (non-hydrogen) atoms. The fraction of sp³-hybridized carbons (Fsp3) is 0.273. The molecule has 1 unspecified atom stereocenters. The van der Waals surface area contributed by atoms with Gasteiger partial charge in [-0.3, -0.25) is 10.6 Å². The summed E-state index contributed by atoms with van der Waals surface area (Å²) in [6.45, 7) is 1.81. The summed E-state index contributed by atoms with van der Waals surface area (Å²) in [6.07, 6.45) is 0.592. The van der Waals surface area contributed by atoms with Crippen LogP contribution in [-0.2, 0) is 4.74 Å². The zero-order valence-electron chi connectivity index (χ0n) is 9.37. The molecule has 90 valence electrons. The van der Waals surface area contributed by atoms with Gasteiger partial charge in [0.2, 0.25) is 0 Å². The molecule has 0 saturated heterocycles. The summed E-state index contributed by atoms with van der Waals surface area (Å²) in [5.41, 5.74) is 6.15. The van der Waals surface area contributed by atoms with Gasteiger partial charge >= 0.3 is 6.16 Å². The molecule has 0 aliphatic heterocycles. The smallest absolute Gasteiger partial charge is 0.414 e. The number of benzene rings is 1. The van der Waals surface area contributed by atoms with E-state index in [0.29, 0.717) is 11.9 Å². The van der Waals surface area contributed by atoms with Gasteiger partial charge in [0.15, 0.2) is 6.23 Å². The highest BCUT2D eigenvalue weighted by atomic mass is 16.8. The molecule has 0 saturated carbocycles. The van der Waals surface area contributed by atoms with E-state index in [1.54, 1.807) is 19.2 Å². The number of nitrogens with zero attached hydrogens (tertiary/aromatic N) is 2. The first-order valence-electron chi connectivity index (χ1n) is 5.28. The molecule has 1 aromatic carbocycles. The van der Waals surface area contributed by atoms with Crippen molar-refractivity contribution in [1.29, 1.82) is 0 Å². The van der Waals surface area contributed by atoms with Gasteiger partial charge < -0.3 is 4.74 Å². The Hall–Kier alpha value is -2.08. The number of carbonyl (C=O) groups is 1. The first kappa shape index (κ1) is 11.4. The number of rotatable bonds is 3. The first-order chi connectivity index (χ1) is 8.20. The van der Waals surface area contributed by atoms with E-state index >= 15 is 0 Å². The number of fused-ring (bicyclic) bond motifs is 1. The van der Waals surface area contributed by atoms with Crippen LogP contribution in [0.1, 0.15) is 13.3 Å². The van der Waals surface area contributed by atoms with Gasteiger partial charge in [-0.05, 0) is 12.5 Å². The van der Waals surface area contributed by atoms with Gasteiger partial charge in [0, 0.05) is 5.39 Å². The van der Waals surface area contributed by atoms with Crippen LogP contribution in [0, 0.1) is 0 Å². The Balaban J connectivity index is 2.11. The summed E-state index contributed by atoms with van der Waals surface area (Å²) in [7, 11) is 0. The number of nitrogens with two attached hydrogens (primary N) is 1. The van der Waals surface area contributed by atoms with E-state index in [9.17, 15) is 4.79 Å². The van der Waals surface area contributed by atoms with Crippen molar-refractivity contribution >= 4 is 17.1 Å². The van der Waals surface area contributed by atoms with Crippen molar-refractivity contribution in [3.63, 3.8) is 0 Å². The second kappa shape index (κ2) is 4.84. The summed E-state index contributed by atoms with van der Waals surface area (Å²) < 4.78 is 4.78. The van der Waals surface area contributed by atoms with E-state index in [0.717, 1.165) is 10.2 Å². The maximum absolute atomic E-state index is 11.3. The standard InChI is InChI=1S/C11H13N3O3/c1-2-10(12)16-11(15)17-14-9-6-4-3-5-8(9)7-13-14/h3-7,10H,2,12H2,1H3. The van der Waals surface area contributed by atoms with Crippen LogP contribution < -0.4 is 10.6 Å². The zero-order valence-corrected chi connectivity index (χ0v) is 9.37. The Morgan fingerprint density at radius 2 is 2.29 bits per heavy atom. The van der Waals surface area contributed by atoms with Crippen molar-refractivity contribution in [2.45, 2.75) is 19.6 Å². The maximum Gasteiger partial charge on any atom is 0.536 e. The van der Waals surface area contributed by atoms with Gasteiger partial charge in [0.1, 0.15) is 5.52 Å². The third-order valence-corrected chi connectivity index (χ3v) is 2.26. The van der Waals surface area contributed by atoms with Gasteiger partial charge in [-0.15, -0.1) is 5.10 Å². The largest absolute Gasteiger partial charge is 0.536 e. The molecule has 0 bridgehead atoms. The molecule has 0 fully saturated rings. The summed E-state index contributed by atoms with van der Waals surface area (Å²) in [5, 5.41) is 4.80. The zero-order chi connectivity index (χ0) is 12.3. The van der Waals surface area contributed by atoms with E-state index in [1.807, 2.05) is 18.2 Å². The lowest BCUT2D eigenvalue weighted by Gasteiger charge is -2.10. The van der Waals surface area contributed by atoms with E-state index < -0.39 is 12.4 Å². The second-order valence-electron chi connectivity index (χ2n) is 3.48. The predicted octanol–water partition coefficient (Wildman–Crippen LogP) is 1.30. The highest BCUT2D eigenvalue weighted by molar-refractivity contribution is 5.78. The van der Waals surface area contributed by atoms with Gasteiger partial charge in [-0.25, -0.2) is 4.79 Å². The molecule has 2 rings (SSSR count). The third kappa shape index (κ3) is 2.54. The van der Waals surface area contributed by atoms with Crippen LogP contribution in [0.2, 0.25) is 0 Å². The van der Waals surface area contributed by atoms with E-state index in [-0.39, 0.29) is 0 Å². The topological polar surface area (TPSA) is 79.4 Å². The van der Waals surface area contributed by atoms with Crippen LogP contribution in [-0.4, -0.2) is 22.3 Å². The highest BCUT2D eigenvalue weighted by Gasteiger charge is 2.12. The van der Waals surface area contributed by atoms with Gasteiger partial charge in [0.25, 0.3) is 0 Å². The monoisotopic (exact) mass is 235 g/mol. The maximum atomic E-state index is 11.3. The molecular formula is C11H13N3O3. The molecule has 6 nitrogen and oxygen atoms in total. The minimum atomic E-state index is -0.867.